The van der Waals surface area contributed by atoms with Gasteiger partial charge in [-0.05, 0) is 49.8 Å². The van der Waals surface area contributed by atoms with E-state index in [4.69, 9.17) is 0 Å². The number of benzene rings is 1. The van der Waals surface area contributed by atoms with Crippen LogP contribution in [0.3, 0.4) is 0 Å². The molecule has 0 radical (unpaired) electrons. The molecule has 1 aliphatic rings. The highest BCUT2D eigenvalue weighted by molar-refractivity contribution is 5.94. The molecule has 1 unspecified atom stereocenters. The van der Waals surface area contributed by atoms with Crippen LogP contribution in [0.1, 0.15) is 61.4 Å². The second-order valence-electron chi connectivity index (χ2n) is 5.89. The summed E-state index contributed by atoms with van der Waals surface area (Å²) in [5.74, 6) is 0.720. The number of carbonyl (C=O) groups excluding carboxylic acids is 1. The number of amides is 1. The number of aromatic hydroxyl groups is 1. The molecule has 110 valence electrons. The van der Waals surface area contributed by atoms with Gasteiger partial charge in [-0.25, -0.2) is 0 Å². The SMILES string of the molecule is CCC(NC(=O)c1ccc(C)c(O)c1)C1CCCCC1. The molecule has 0 aliphatic heterocycles. The lowest BCUT2D eigenvalue weighted by Gasteiger charge is -2.30. The normalized spacial score (nSPS) is 17.7. The molecule has 1 fully saturated rings. The fraction of sp³-hybridized carbons (Fsp3) is 0.588. The summed E-state index contributed by atoms with van der Waals surface area (Å²) in [6, 6.07) is 5.37. The maximum Gasteiger partial charge on any atom is 0.251 e. The van der Waals surface area contributed by atoms with Gasteiger partial charge in [-0.2, -0.15) is 0 Å². The third-order valence-electron chi connectivity index (χ3n) is 4.45. The van der Waals surface area contributed by atoms with Gasteiger partial charge < -0.3 is 10.4 Å². The van der Waals surface area contributed by atoms with E-state index in [1.54, 1.807) is 18.2 Å². The van der Waals surface area contributed by atoms with Crippen molar-refractivity contribution in [2.24, 2.45) is 5.92 Å². The summed E-state index contributed by atoms with van der Waals surface area (Å²) in [7, 11) is 0. The molecule has 1 aliphatic carbocycles. The number of phenolic OH excluding ortho intramolecular Hbond substituents is 1. The lowest BCUT2D eigenvalue weighted by Crippen LogP contribution is -2.40. The van der Waals surface area contributed by atoms with Crippen LogP contribution in [0.25, 0.3) is 0 Å². The molecular formula is C17H25NO2. The predicted molar refractivity (Wildman–Crippen MR) is 81.0 cm³/mol. The molecular weight excluding hydrogens is 250 g/mol. The van der Waals surface area contributed by atoms with E-state index in [9.17, 15) is 9.90 Å². The Hall–Kier alpha value is -1.51. The van der Waals surface area contributed by atoms with Gasteiger partial charge in [0.1, 0.15) is 5.75 Å². The quantitative estimate of drug-likeness (QED) is 0.878. The molecule has 1 aromatic rings. The lowest BCUT2D eigenvalue weighted by molar-refractivity contribution is 0.0910. The van der Waals surface area contributed by atoms with Gasteiger partial charge in [-0.3, -0.25) is 4.79 Å². The summed E-state index contributed by atoms with van der Waals surface area (Å²) in [6.45, 7) is 3.96. The molecule has 0 spiro atoms. The van der Waals surface area contributed by atoms with Crippen LogP contribution in [0.15, 0.2) is 18.2 Å². The highest BCUT2D eigenvalue weighted by Crippen LogP contribution is 2.28. The molecule has 1 aromatic carbocycles. The lowest BCUT2D eigenvalue weighted by atomic mass is 9.83. The number of phenols is 1. The zero-order valence-electron chi connectivity index (χ0n) is 12.5. The van der Waals surface area contributed by atoms with Gasteiger partial charge in [-0.15, -0.1) is 0 Å². The summed E-state index contributed by atoms with van der Waals surface area (Å²) in [5.41, 5.74) is 1.34. The number of nitrogens with one attached hydrogen (secondary N) is 1. The number of hydrogen-bond donors (Lipinski definition) is 2. The minimum atomic E-state index is -0.0716. The number of aryl methyl sites for hydroxylation is 1. The molecule has 2 N–H and O–H groups in total. The van der Waals surface area contributed by atoms with Gasteiger partial charge in [0.05, 0.1) is 0 Å². The Kier molecular flexibility index (Phi) is 5.05. The van der Waals surface area contributed by atoms with Gasteiger partial charge in [0.25, 0.3) is 5.91 Å². The van der Waals surface area contributed by atoms with Crippen LogP contribution in [-0.2, 0) is 0 Å². The smallest absolute Gasteiger partial charge is 0.251 e. The second kappa shape index (κ2) is 6.78. The largest absolute Gasteiger partial charge is 0.508 e. The van der Waals surface area contributed by atoms with Gasteiger partial charge in [-0.1, -0.05) is 32.3 Å². The van der Waals surface area contributed by atoms with E-state index < -0.39 is 0 Å². The fourth-order valence-corrected chi connectivity index (χ4v) is 3.09. The van der Waals surface area contributed by atoms with Crippen LogP contribution in [0, 0.1) is 12.8 Å². The molecule has 3 heteroatoms. The van der Waals surface area contributed by atoms with Crippen LogP contribution in [0.4, 0.5) is 0 Å². The highest BCUT2D eigenvalue weighted by atomic mass is 16.3. The van der Waals surface area contributed by atoms with Crippen molar-refractivity contribution in [2.75, 3.05) is 0 Å². The minimum absolute atomic E-state index is 0.0716. The third-order valence-corrected chi connectivity index (χ3v) is 4.45. The Balaban J connectivity index is 2.02. The molecule has 1 saturated carbocycles. The first-order valence-corrected chi connectivity index (χ1v) is 7.72. The zero-order valence-corrected chi connectivity index (χ0v) is 12.5. The monoisotopic (exact) mass is 275 g/mol. The molecule has 0 bridgehead atoms. The first kappa shape index (κ1) is 14.9. The van der Waals surface area contributed by atoms with Crippen molar-refractivity contribution in [3.8, 4) is 5.75 Å². The van der Waals surface area contributed by atoms with Gasteiger partial charge in [0, 0.05) is 11.6 Å². The minimum Gasteiger partial charge on any atom is -0.508 e. The van der Waals surface area contributed by atoms with Crippen molar-refractivity contribution >= 4 is 5.91 Å². The Morgan fingerprint density at radius 3 is 2.65 bits per heavy atom. The standard InChI is InChI=1S/C17H25NO2/c1-3-15(13-7-5-4-6-8-13)18-17(20)14-10-9-12(2)16(19)11-14/h9-11,13,15,19H,3-8H2,1-2H3,(H,18,20). The fourth-order valence-electron chi connectivity index (χ4n) is 3.09. The first-order chi connectivity index (χ1) is 9.61. The molecule has 2 rings (SSSR count). The number of hydrogen-bond acceptors (Lipinski definition) is 2. The maximum absolute atomic E-state index is 12.3. The molecule has 3 nitrogen and oxygen atoms in total. The summed E-state index contributed by atoms with van der Waals surface area (Å²) in [6.07, 6.45) is 7.29. The Labute approximate surface area is 121 Å². The average molecular weight is 275 g/mol. The molecule has 1 amide bonds. The van der Waals surface area contributed by atoms with Crippen molar-refractivity contribution in [3.05, 3.63) is 29.3 Å². The van der Waals surface area contributed by atoms with Crippen molar-refractivity contribution in [2.45, 2.75) is 58.4 Å². The van der Waals surface area contributed by atoms with Gasteiger partial charge in [0.2, 0.25) is 0 Å². The van der Waals surface area contributed by atoms with E-state index in [2.05, 4.69) is 12.2 Å². The van der Waals surface area contributed by atoms with Crippen LogP contribution < -0.4 is 5.32 Å². The van der Waals surface area contributed by atoms with E-state index in [-0.39, 0.29) is 17.7 Å². The Morgan fingerprint density at radius 2 is 2.05 bits per heavy atom. The average Bonchev–Trinajstić information content (AvgIpc) is 2.48. The van der Waals surface area contributed by atoms with E-state index in [1.807, 2.05) is 6.92 Å². The Morgan fingerprint density at radius 1 is 1.35 bits per heavy atom. The first-order valence-electron chi connectivity index (χ1n) is 7.72. The van der Waals surface area contributed by atoms with Crippen molar-refractivity contribution in [1.29, 1.82) is 0 Å². The van der Waals surface area contributed by atoms with E-state index in [0.717, 1.165) is 12.0 Å². The number of carbonyl (C=O) groups is 1. The van der Waals surface area contributed by atoms with Crippen molar-refractivity contribution < 1.29 is 9.90 Å². The van der Waals surface area contributed by atoms with Gasteiger partial charge >= 0.3 is 0 Å². The van der Waals surface area contributed by atoms with Gasteiger partial charge in [0.15, 0.2) is 0 Å². The van der Waals surface area contributed by atoms with Crippen LogP contribution >= 0.6 is 0 Å². The van der Waals surface area contributed by atoms with Crippen LogP contribution in [0.2, 0.25) is 0 Å². The highest BCUT2D eigenvalue weighted by Gasteiger charge is 2.24. The second-order valence-corrected chi connectivity index (χ2v) is 5.89. The molecule has 20 heavy (non-hydrogen) atoms. The molecule has 0 saturated heterocycles. The van der Waals surface area contributed by atoms with E-state index >= 15 is 0 Å². The third kappa shape index (κ3) is 3.53. The molecule has 1 atom stereocenters. The summed E-state index contributed by atoms with van der Waals surface area (Å²) < 4.78 is 0. The topological polar surface area (TPSA) is 49.3 Å². The van der Waals surface area contributed by atoms with Crippen molar-refractivity contribution in [1.82, 2.24) is 5.32 Å². The van der Waals surface area contributed by atoms with Crippen LogP contribution in [-0.4, -0.2) is 17.1 Å². The number of rotatable bonds is 4. The van der Waals surface area contributed by atoms with E-state index in [1.165, 1.54) is 32.1 Å². The van der Waals surface area contributed by atoms with Crippen molar-refractivity contribution in [3.63, 3.8) is 0 Å². The van der Waals surface area contributed by atoms with Crippen LogP contribution in [0.5, 0.6) is 5.75 Å². The summed E-state index contributed by atoms with van der Waals surface area (Å²) >= 11 is 0. The maximum atomic E-state index is 12.3. The molecule has 0 heterocycles. The molecule has 0 aromatic heterocycles. The summed E-state index contributed by atoms with van der Waals surface area (Å²) in [4.78, 5) is 12.3. The predicted octanol–water partition coefficient (Wildman–Crippen LogP) is 3.79. The van der Waals surface area contributed by atoms with E-state index in [0.29, 0.717) is 11.5 Å². The Bertz CT molecular complexity index is 464. The summed E-state index contributed by atoms with van der Waals surface area (Å²) in [5, 5.41) is 12.9. The zero-order chi connectivity index (χ0) is 14.5.